The number of para-hydroxylation sites is 1. The van der Waals surface area contributed by atoms with Crippen molar-refractivity contribution in [3.8, 4) is 5.75 Å². The fraction of sp³-hybridized carbons (Fsp3) is 0.522. The van der Waals surface area contributed by atoms with Gasteiger partial charge >= 0.3 is 13.6 Å². The van der Waals surface area contributed by atoms with Gasteiger partial charge in [0.2, 0.25) is 0 Å². The minimum absolute atomic E-state index is 0.0809. The van der Waals surface area contributed by atoms with Crippen LogP contribution in [0.25, 0.3) is 0 Å². The Bertz CT molecular complexity index is 1220. The van der Waals surface area contributed by atoms with Crippen molar-refractivity contribution in [1.29, 1.82) is 0 Å². The van der Waals surface area contributed by atoms with Crippen LogP contribution in [0.5, 0.6) is 5.75 Å². The molecule has 13 heteroatoms. The molecule has 0 bridgehead atoms. The number of carbonyl (C=O) groups is 1. The van der Waals surface area contributed by atoms with E-state index in [2.05, 4.69) is 4.98 Å². The minimum Gasteiger partial charge on any atom is -0.463 e. The maximum atomic E-state index is 15.0. The summed E-state index contributed by atoms with van der Waals surface area (Å²) >= 11 is 5.10. The maximum Gasteiger partial charge on any atom is 0.380 e. The minimum atomic E-state index is -4.00. The summed E-state index contributed by atoms with van der Waals surface area (Å²) < 4.78 is 51.9. The summed E-state index contributed by atoms with van der Waals surface area (Å²) in [4.78, 5) is 26.5. The van der Waals surface area contributed by atoms with E-state index in [0.717, 1.165) is 0 Å². The van der Waals surface area contributed by atoms with E-state index in [9.17, 15) is 23.7 Å². The van der Waals surface area contributed by atoms with Gasteiger partial charge in [-0.3, -0.25) is 23.7 Å². The molecule has 1 fully saturated rings. The number of nitrogens with one attached hydrogen (secondary N) is 1. The molecule has 2 heterocycles. The third-order valence-corrected chi connectivity index (χ3v) is 7.73. The monoisotopic (exact) mass is 544 g/mol. The van der Waals surface area contributed by atoms with E-state index in [-0.39, 0.29) is 28.3 Å². The Kier molecular flexibility index (Phi) is 9.23. The number of hydrogen-bond acceptors (Lipinski definition) is 9. The number of aromatic amines is 1. The van der Waals surface area contributed by atoms with Gasteiger partial charge in [-0.15, -0.1) is 0 Å². The molecule has 198 valence electrons. The van der Waals surface area contributed by atoms with E-state index >= 15 is 0 Å². The number of aliphatic hydroxyl groups is 1. The molecule has 1 aliphatic heterocycles. The molecule has 1 saturated heterocycles. The van der Waals surface area contributed by atoms with Gasteiger partial charge in [0, 0.05) is 11.8 Å². The number of halogens is 1. The Balaban J connectivity index is 1.77. The molecule has 2 N–H and O–H groups in total. The quantitative estimate of drug-likeness (QED) is 0.261. The zero-order valence-electron chi connectivity index (χ0n) is 20.3. The fourth-order valence-electron chi connectivity index (χ4n) is 3.54. The third-order valence-electron chi connectivity index (χ3n) is 5.39. The fourth-order valence-corrected chi connectivity index (χ4v) is 5.66. The number of aliphatic hydroxyl groups excluding tert-OH is 1. The van der Waals surface area contributed by atoms with Crippen molar-refractivity contribution in [2.45, 2.75) is 58.4 Å². The Hall–Kier alpha value is -2.37. The molecule has 0 spiro atoms. The first kappa shape index (κ1) is 28.2. The van der Waals surface area contributed by atoms with Crippen LogP contribution in [0, 0.1) is 17.6 Å². The number of H-pyrrole nitrogens is 1. The van der Waals surface area contributed by atoms with Crippen LogP contribution in [-0.4, -0.2) is 57.9 Å². The second-order valence-corrected chi connectivity index (χ2v) is 11.3. The molecule has 0 aliphatic carbocycles. The molecule has 0 saturated carbocycles. The van der Waals surface area contributed by atoms with Crippen molar-refractivity contribution >= 4 is 25.8 Å². The van der Waals surface area contributed by atoms with Crippen molar-refractivity contribution in [3.05, 3.63) is 57.2 Å². The number of hydrogen-bond donors (Lipinski definition) is 2. The zero-order valence-corrected chi connectivity index (χ0v) is 22.0. The molecule has 1 aromatic carbocycles. The lowest BCUT2D eigenvalue weighted by Crippen LogP contribution is -2.32. The number of esters is 1. The first-order valence-electron chi connectivity index (χ1n) is 11.4. The predicted octanol–water partition coefficient (Wildman–Crippen LogP) is 3.69. The molecule has 1 aliphatic rings. The number of rotatable bonds is 10. The highest BCUT2D eigenvalue weighted by molar-refractivity contribution is 7.71. The van der Waals surface area contributed by atoms with E-state index in [1.165, 1.54) is 24.6 Å². The van der Waals surface area contributed by atoms with Crippen molar-refractivity contribution in [2.24, 2.45) is 5.92 Å². The lowest BCUT2D eigenvalue weighted by atomic mass is 10.1. The van der Waals surface area contributed by atoms with Crippen LogP contribution < -0.4 is 10.1 Å². The Morgan fingerprint density at radius 2 is 1.97 bits per heavy atom. The van der Waals surface area contributed by atoms with E-state index in [4.69, 9.17) is 30.7 Å². The summed E-state index contributed by atoms with van der Waals surface area (Å²) in [6.45, 7) is 5.94. The van der Waals surface area contributed by atoms with E-state index in [1.54, 1.807) is 44.2 Å². The van der Waals surface area contributed by atoms with Crippen LogP contribution in [0.15, 0.2) is 41.3 Å². The summed E-state index contributed by atoms with van der Waals surface area (Å²) in [6.07, 6.45) is -5.47. The van der Waals surface area contributed by atoms with E-state index in [1.807, 2.05) is 0 Å². The predicted molar refractivity (Wildman–Crippen MR) is 131 cm³/mol. The van der Waals surface area contributed by atoms with Crippen LogP contribution in [-0.2, 0) is 23.4 Å². The number of benzene rings is 1. The van der Waals surface area contributed by atoms with Gasteiger partial charge in [-0.1, -0.05) is 25.1 Å². The van der Waals surface area contributed by atoms with Crippen LogP contribution in [0.2, 0.25) is 0 Å². The van der Waals surface area contributed by atoms with Gasteiger partial charge in [-0.2, -0.15) is 0 Å². The molecule has 6 atom stereocenters. The number of carbonyl (C=O) groups excluding carboxylic acids is 1. The molecule has 1 aromatic heterocycles. The summed E-state index contributed by atoms with van der Waals surface area (Å²) in [5.74, 6) is -1.16. The number of aryl methyl sites for hydroxylation is 1. The van der Waals surface area contributed by atoms with Gasteiger partial charge in [0.25, 0.3) is 5.56 Å². The second kappa shape index (κ2) is 11.8. The van der Waals surface area contributed by atoms with Crippen LogP contribution in [0.1, 0.15) is 32.6 Å². The largest absolute Gasteiger partial charge is 0.463 e. The van der Waals surface area contributed by atoms with Gasteiger partial charge in [0.15, 0.2) is 17.2 Å². The lowest BCUT2D eigenvalue weighted by molar-refractivity contribution is -0.151. The zero-order chi connectivity index (χ0) is 26.6. The first-order valence-corrected chi connectivity index (χ1v) is 13.5. The smallest absolute Gasteiger partial charge is 0.380 e. The van der Waals surface area contributed by atoms with Crippen molar-refractivity contribution < 1.29 is 37.4 Å². The molecule has 2 aromatic rings. The summed E-state index contributed by atoms with van der Waals surface area (Å²) in [5.41, 5.74) is -0.147. The molecular formula is C23H30FN2O8PS. The van der Waals surface area contributed by atoms with Crippen molar-refractivity contribution in [3.63, 3.8) is 0 Å². The SMILES string of the molecule is Cc1cn([C@H]2O[C@@H](CO[P@@](=O)(C[C@@H](C)C(=O)OC(C)C)Oc3ccccc3)C(O)[C@H]2F)c(=S)[nH]c1=O. The molecule has 0 amide bonds. The number of ether oxygens (including phenoxy) is 2. The van der Waals surface area contributed by atoms with Crippen LogP contribution >= 0.6 is 19.8 Å². The normalized spacial score (nSPS) is 24.3. The number of aromatic nitrogens is 2. The topological polar surface area (TPSA) is 129 Å². The molecular weight excluding hydrogens is 514 g/mol. The number of nitrogens with zero attached hydrogens (tertiary/aromatic N) is 1. The Labute approximate surface area is 212 Å². The van der Waals surface area contributed by atoms with Gasteiger partial charge in [-0.05, 0) is 45.1 Å². The molecule has 1 unspecified atom stereocenters. The van der Waals surface area contributed by atoms with Gasteiger partial charge in [0.1, 0.15) is 18.0 Å². The second-order valence-electron chi connectivity index (χ2n) is 8.86. The molecule has 36 heavy (non-hydrogen) atoms. The van der Waals surface area contributed by atoms with E-state index < -0.39 is 56.3 Å². The van der Waals surface area contributed by atoms with Crippen LogP contribution in [0.3, 0.4) is 0 Å². The molecule has 10 nitrogen and oxygen atoms in total. The van der Waals surface area contributed by atoms with Crippen molar-refractivity contribution in [2.75, 3.05) is 12.8 Å². The molecule has 3 rings (SSSR count). The van der Waals surface area contributed by atoms with Gasteiger partial charge in [0.05, 0.1) is 24.8 Å². The molecule has 0 radical (unpaired) electrons. The Morgan fingerprint density at radius 3 is 2.61 bits per heavy atom. The number of alkyl halides is 1. The Morgan fingerprint density at radius 1 is 1.31 bits per heavy atom. The maximum absolute atomic E-state index is 15.0. The highest BCUT2D eigenvalue weighted by Crippen LogP contribution is 2.50. The van der Waals surface area contributed by atoms with Crippen LogP contribution in [0.4, 0.5) is 4.39 Å². The summed E-state index contributed by atoms with van der Waals surface area (Å²) in [5, 5.41) is 10.5. The average Bonchev–Trinajstić information content (AvgIpc) is 3.08. The van der Waals surface area contributed by atoms with Gasteiger partial charge in [-0.25, -0.2) is 8.96 Å². The average molecular weight is 545 g/mol. The highest BCUT2D eigenvalue weighted by Gasteiger charge is 2.46. The standard InChI is InChI=1S/C23H30FN2O8PS/c1-13(2)32-22(29)15(4)12-35(30,34-16-8-6-5-7-9-16)31-11-17-19(27)18(24)21(33-17)26-10-14(3)20(28)25-23(26)36/h5-10,13,15,17-19,21,27H,11-12H2,1-4H3,(H,25,28,36)/t15-,17+,18-,19?,21+,35+/m1/s1. The third kappa shape index (κ3) is 6.89. The van der Waals surface area contributed by atoms with Gasteiger partial charge < -0.3 is 19.1 Å². The highest BCUT2D eigenvalue weighted by atomic mass is 32.1. The van der Waals surface area contributed by atoms with E-state index in [0.29, 0.717) is 0 Å². The first-order chi connectivity index (χ1) is 16.9. The lowest BCUT2D eigenvalue weighted by Gasteiger charge is -2.24. The summed E-state index contributed by atoms with van der Waals surface area (Å²) in [6, 6.07) is 8.24. The summed E-state index contributed by atoms with van der Waals surface area (Å²) in [7, 11) is -4.00. The van der Waals surface area contributed by atoms with Crippen molar-refractivity contribution in [1.82, 2.24) is 9.55 Å².